The molecule has 57 heavy (non-hydrogen) atoms. The van der Waals surface area contributed by atoms with E-state index in [1.54, 1.807) is 0 Å². The van der Waals surface area contributed by atoms with Crippen molar-refractivity contribution < 1.29 is 0 Å². The number of H-pyrrole nitrogens is 2. The first kappa shape index (κ1) is 35.7. The normalized spacial score (nSPS) is 11.8. The van der Waals surface area contributed by atoms with Gasteiger partial charge in [-0.15, -0.1) is 0 Å². The number of aryl methyl sites for hydroxylation is 3. The third-order valence-corrected chi connectivity index (χ3v) is 10.8. The Kier molecular flexibility index (Phi) is 9.58. The van der Waals surface area contributed by atoms with Crippen molar-refractivity contribution in [2.45, 2.75) is 47.0 Å². The molecule has 0 radical (unpaired) electrons. The zero-order valence-electron chi connectivity index (χ0n) is 32.9. The molecule has 0 atom stereocenters. The fraction of sp³-hybridized carbons (Fsp3) is 0.132. The number of fused-ring (bicyclic) bond motifs is 8. The van der Waals surface area contributed by atoms with Crippen LogP contribution in [-0.2, 0) is 0 Å². The van der Waals surface area contributed by atoms with Gasteiger partial charge in [0.15, 0.2) is 0 Å². The van der Waals surface area contributed by atoms with Gasteiger partial charge in [-0.1, -0.05) is 127 Å². The van der Waals surface area contributed by atoms with E-state index >= 15 is 0 Å². The molecule has 5 heterocycles. The molecule has 4 nitrogen and oxygen atoms in total. The van der Waals surface area contributed by atoms with E-state index in [0.29, 0.717) is 0 Å². The molecule has 0 fully saturated rings. The summed E-state index contributed by atoms with van der Waals surface area (Å²) in [5, 5.41) is 0. The van der Waals surface area contributed by atoms with Crippen LogP contribution in [-0.4, -0.2) is 19.9 Å². The number of benzene rings is 4. The summed E-state index contributed by atoms with van der Waals surface area (Å²) in [7, 11) is 0. The molecule has 4 aromatic carbocycles. The van der Waals surface area contributed by atoms with Crippen LogP contribution in [0, 0.1) is 32.6 Å². The van der Waals surface area contributed by atoms with E-state index in [1.807, 2.05) is 0 Å². The molecule has 2 N–H and O–H groups in total. The molecule has 3 aromatic heterocycles. The average molecular weight is 737 g/mol. The van der Waals surface area contributed by atoms with Gasteiger partial charge < -0.3 is 9.97 Å². The largest absolute Gasteiger partial charge is 0.354 e. The Balaban J connectivity index is 1.40. The predicted molar refractivity (Wildman–Crippen MR) is 241 cm³/mol. The highest BCUT2D eigenvalue weighted by Gasteiger charge is 2.19. The lowest BCUT2D eigenvalue weighted by Gasteiger charge is -2.07. The minimum absolute atomic E-state index is 0.890. The van der Waals surface area contributed by atoms with Gasteiger partial charge in [0.1, 0.15) is 0 Å². The summed E-state index contributed by atoms with van der Waals surface area (Å²) in [4.78, 5) is 18.6. The Bertz CT molecular complexity index is 2880. The summed E-state index contributed by atoms with van der Waals surface area (Å²) < 4.78 is 0. The van der Waals surface area contributed by atoms with Gasteiger partial charge in [0, 0.05) is 56.3 Å². The smallest absolute Gasteiger partial charge is 0.0737 e. The Morgan fingerprint density at radius 3 is 1.05 bits per heavy atom. The second-order valence-electron chi connectivity index (χ2n) is 15.1. The molecule has 8 bridgehead atoms. The molecule has 0 aliphatic carbocycles. The summed E-state index contributed by atoms with van der Waals surface area (Å²) in [5.74, 6) is 6.70. The summed E-state index contributed by atoms with van der Waals surface area (Å²) in [6, 6.07) is 43.5. The third-order valence-electron chi connectivity index (χ3n) is 10.8. The zero-order valence-corrected chi connectivity index (χ0v) is 32.9. The molecule has 0 saturated heterocycles. The Labute approximate surface area is 334 Å². The lowest BCUT2D eigenvalue weighted by molar-refractivity contribution is 0.828. The van der Waals surface area contributed by atoms with Crippen molar-refractivity contribution in [3.05, 3.63) is 166 Å². The van der Waals surface area contributed by atoms with Gasteiger partial charge in [0.05, 0.1) is 22.8 Å². The standard InChI is InChI=1S/C53H44N4/c1-5-6-7-8-9-37-16-24-41(25-17-37)53-48-32-30-46(56-48)51(39-20-12-35(3)13-21-39)44-28-26-42(54-44)50(38-18-10-34(2)11-19-38)43-27-29-45(55-43)52(47-31-33-49(53)57-47)40-22-14-36(4)15-23-40/h10-33,54,57H,5-7H2,1-4H3. The van der Waals surface area contributed by atoms with Crippen LogP contribution in [0.4, 0.5) is 0 Å². The Morgan fingerprint density at radius 2 is 0.737 bits per heavy atom. The second kappa shape index (κ2) is 15.3. The molecule has 4 heteroatoms. The highest BCUT2D eigenvalue weighted by atomic mass is 14.8. The minimum atomic E-state index is 0.890. The topological polar surface area (TPSA) is 57.4 Å². The lowest BCUT2D eigenvalue weighted by Crippen LogP contribution is -1.90. The molecule has 2 aliphatic heterocycles. The quantitative estimate of drug-likeness (QED) is 0.132. The van der Waals surface area contributed by atoms with Crippen molar-refractivity contribution in [3.63, 3.8) is 0 Å². The van der Waals surface area contributed by atoms with Crippen molar-refractivity contribution >= 4 is 46.4 Å². The molecule has 2 aliphatic rings. The molecule has 9 rings (SSSR count). The summed E-state index contributed by atoms with van der Waals surface area (Å²) in [6.07, 6.45) is 11.8. The van der Waals surface area contributed by atoms with Gasteiger partial charge in [0.25, 0.3) is 0 Å². The molecule has 276 valence electrons. The number of hydrogen-bond donors (Lipinski definition) is 2. The van der Waals surface area contributed by atoms with Gasteiger partial charge in [-0.05, 0) is 110 Å². The number of nitrogens with one attached hydrogen (secondary N) is 2. The van der Waals surface area contributed by atoms with Crippen molar-refractivity contribution in [1.29, 1.82) is 0 Å². The molecule has 0 amide bonds. The van der Waals surface area contributed by atoms with Gasteiger partial charge in [-0.3, -0.25) is 0 Å². The highest BCUT2D eigenvalue weighted by Crippen LogP contribution is 2.38. The number of aromatic nitrogens is 4. The maximum absolute atomic E-state index is 5.45. The van der Waals surface area contributed by atoms with Crippen molar-refractivity contribution in [2.75, 3.05) is 0 Å². The van der Waals surface area contributed by atoms with Crippen molar-refractivity contribution in [2.24, 2.45) is 0 Å². The first-order chi connectivity index (χ1) is 27.9. The van der Waals surface area contributed by atoms with E-state index in [4.69, 9.17) is 9.97 Å². The van der Waals surface area contributed by atoms with Crippen LogP contribution in [0.2, 0.25) is 0 Å². The zero-order chi connectivity index (χ0) is 38.9. The molecular weight excluding hydrogens is 693 g/mol. The van der Waals surface area contributed by atoms with E-state index in [-0.39, 0.29) is 0 Å². The van der Waals surface area contributed by atoms with Crippen molar-refractivity contribution in [1.82, 2.24) is 19.9 Å². The second-order valence-corrected chi connectivity index (χ2v) is 15.1. The predicted octanol–water partition coefficient (Wildman–Crippen LogP) is 13.8. The molecule has 0 unspecified atom stereocenters. The molecular formula is C53H44N4. The number of nitrogens with zero attached hydrogens (tertiary/aromatic N) is 2. The summed E-state index contributed by atoms with van der Waals surface area (Å²) >= 11 is 0. The van der Waals surface area contributed by atoms with Gasteiger partial charge >= 0.3 is 0 Å². The van der Waals surface area contributed by atoms with Gasteiger partial charge in [-0.25, -0.2) is 9.97 Å². The van der Waals surface area contributed by atoms with E-state index < -0.39 is 0 Å². The van der Waals surface area contributed by atoms with E-state index in [1.165, 1.54) is 16.7 Å². The van der Waals surface area contributed by atoms with Crippen LogP contribution in [0.25, 0.3) is 90.9 Å². The monoisotopic (exact) mass is 736 g/mol. The first-order valence-electron chi connectivity index (χ1n) is 19.9. The van der Waals surface area contributed by atoms with Crippen LogP contribution in [0.15, 0.2) is 121 Å². The molecule has 0 saturated carbocycles. The van der Waals surface area contributed by atoms with Crippen LogP contribution >= 0.6 is 0 Å². The van der Waals surface area contributed by atoms with E-state index in [9.17, 15) is 0 Å². The first-order valence-corrected chi connectivity index (χ1v) is 19.9. The van der Waals surface area contributed by atoms with Crippen LogP contribution in [0.3, 0.4) is 0 Å². The number of rotatable bonds is 6. The fourth-order valence-electron chi connectivity index (χ4n) is 7.73. The summed E-state index contributed by atoms with van der Waals surface area (Å²) in [5.41, 5.74) is 20.7. The van der Waals surface area contributed by atoms with Crippen LogP contribution in [0.5, 0.6) is 0 Å². The maximum Gasteiger partial charge on any atom is 0.0737 e. The fourth-order valence-corrected chi connectivity index (χ4v) is 7.73. The Morgan fingerprint density at radius 1 is 0.421 bits per heavy atom. The van der Waals surface area contributed by atoms with Crippen LogP contribution in [0.1, 0.15) is 71.2 Å². The number of aromatic amines is 2. The van der Waals surface area contributed by atoms with Gasteiger partial charge in [0.2, 0.25) is 0 Å². The SMILES string of the molecule is CCCCC#Cc1ccc(-c2c3nc(c(-c4ccc(C)cc4)c4ccc([nH]4)c(-c4ccc(C)cc4)c4nc(c(-c5ccc(C)cc5)c5ccc2[nH]5)C=C4)C=C3)cc1. The molecule has 7 aromatic rings. The van der Waals surface area contributed by atoms with E-state index in [0.717, 1.165) is 114 Å². The minimum Gasteiger partial charge on any atom is -0.354 e. The Hall–Kier alpha value is -6.96. The number of hydrogen-bond acceptors (Lipinski definition) is 2. The van der Waals surface area contributed by atoms with Gasteiger partial charge in [-0.2, -0.15) is 0 Å². The maximum atomic E-state index is 5.45. The average Bonchev–Trinajstić information content (AvgIpc) is 4.07. The van der Waals surface area contributed by atoms with Crippen LogP contribution < -0.4 is 0 Å². The lowest BCUT2D eigenvalue weighted by atomic mass is 10.0. The number of unbranched alkanes of at least 4 members (excludes halogenated alkanes) is 2. The van der Waals surface area contributed by atoms with E-state index in [2.05, 4.69) is 195 Å². The third kappa shape index (κ3) is 7.17. The summed E-state index contributed by atoms with van der Waals surface area (Å²) in [6.45, 7) is 8.57. The van der Waals surface area contributed by atoms with Crippen molar-refractivity contribution in [3.8, 4) is 56.3 Å². The molecule has 0 spiro atoms. The highest BCUT2D eigenvalue weighted by molar-refractivity contribution is 5.99.